The van der Waals surface area contributed by atoms with Crippen LogP contribution in [0.5, 0.6) is 0 Å². The molecule has 30 heavy (non-hydrogen) atoms. The summed E-state index contributed by atoms with van der Waals surface area (Å²) in [6.07, 6.45) is -7.31. The molecule has 0 aliphatic carbocycles. The molecule has 0 radical (unpaired) electrons. The van der Waals surface area contributed by atoms with Gasteiger partial charge in [0.05, 0.1) is 0 Å². The first-order valence-electron chi connectivity index (χ1n) is 9.13. The Kier molecular flexibility index (Phi) is 9.66. The third-order valence-electron chi connectivity index (χ3n) is 3.69. The molecule has 12 heteroatoms. The number of rotatable bonds is 8. The quantitative estimate of drug-likeness (QED) is 0.301. The minimum Gasteiger partial charge on any atom is -0.463 e. The molecule has 1 heterocycles. The zero-order valence-corrected chi connectivity index (χ0v) is 17.7. The molecule has 0 aromatic rings. The van der Waals surface area contributed by atoms with E-state index < -0.39 is 66.7 Å². The van der Waals surface area contributed by atoms with E-state index >= 15 is 0 Å². The average molecular weight is 433 g/mol. The van der Waals surface area contributed by atoms with Gasteiger partial charge in [0.25, 0.3) is 0 Å². The highest BCUT2D eigenvalue weighted by molar-refractivity contribution is 5.73. The molecule has 0 aromatic heterocycles. The number of hydrogen-bond acceptors (Lipinski definition) is 11. The summed E-state index contributed by atoms with van der Waals surface area (Å²) in [6, 6.07) is 0. The summed E-state index contributed by atoms with van der Waals surface area (Å²) < 4.78 is 32.0. The molecule has 6 atom stereocenters. The van der Waals surface area contributed by atoms with Crippen molar-refractivity contribution >= 4 is 29.8 Å². The molecular weight excluding hydrogens is 406 g/mol. The smallest absolute Gasteiger partial charge is 0.303 e. The van der Waals surface area contributed by atoms with Gasteiger partial charge in [0.15, 0.2) is 18.3 Å². The molecule has 1 aliphatic rings. The van der Waals surface area contributed by atoms with Gasteiger partial charge < -0.3 is 33.7 Å². The summed E-state index contributed by atoms with van der Waals surface area (Å²) >= 11 is 0. The van der Waals surface area contributed by atoms with E-state index in [0.717, 1.165) is 20.8 Å². The summed E-state index contributed by atoms with van der Waals surface area (Å²) in [7, 11) is 0. The number of hydrogen-bond donors (Lipinski definition) is 1. The second-order valence-electron chi connectivity index (χ2n) is 6.55. The SMILES string of the molecule is CC(=O)N[C@@H](C)O[C@@H]1O[C@H](COC(C)=O)[C@@H](OC(C)=O)[C@H](OC(C)=O)[C@H]1OC(C)=O. The number of carbonyl (C=O) groups excluding carboxylic acids is 5. The molecule has 0 spiro atoms. The van der Waals surface area contributed by atoms with E-state index in [2.05, 4.69) is 5.32 Å². The van der Waals surface area contributed by atoms with E-state index in [1.807, 2.05) is 0 Å². The van der Waals surface area contributed by atoms with E-state index in [1.165, 1.54) is 20.8 Å². The molecule has 0 saturated carbocycles. The van der Waals surface area contributed by atoms with Gasteiger partial charge in [0.2, 0.25) is 12.2 Å². The lowest BCUT2D eigenvalue weighted by atomic mass is 9.98. The van der Waals surface area contributed by atoms with Crippen LogP contribution in [0.1, 0.15) is 41.5 Å². The summed E-state index contributed by atoms with van der Waals surface area (Å²) in [5.74, 6) is -3.26. The van der Waals surface area contributed by atoms with Crippen LogP contribution in [0.25, 0.3) is 0 Å². The molecule has 12 nitrogen and oxygen atoms in total. The predicted molar refractivity (Wildman–Crippen MR) is 96.3 cm³/mol. The normalized spacial score (nSPS) is 26.7. The lowest BCUT2D eigenvalue weighted by molar-refractivity contribution is -0.317. The van der Waals surface area contributed by atoms with Crippen molar-refractivity contribution in [3.05, 3.63) is 0 Å². The van der Waals surface area contributed by atoms with E-state index in [-0.39, 0.29) is 6.61 Å². The molecule has 1 amide bonds. The van der Waals surface area contributed by atoms with Gasteiger partial charge in [0, 0.05) is 34.6 Å². The maximum atomic E-state index is 11.7. The number of carbonyl (C=O) groups is 5. The Labute approximate surface area is 173 Å². The molecule has 1 aliphatic heterocycles. The zero-order chi connectivity index (χ0) is 23.0. The first-order chi connectivity index (χ1) is 13.9. The van der Waals surface area contributed by atoms with Crippen LogP contribution in [-0.2, 0) is 52.4 Å². The van der Waals surface area contributed by atoms with Gasteiger partial charge in [-0.15, -0.1) is 0 Å². The second-order valence-corrected chi connectivity index (χ2v) is 6.55. The summed E-state index contributed by atoms with van der Waals surface area (Å²) in [6.45, 7) is 6.92. The van der Waals surface area contributed by atoms with Gasteiger partial charge in [-0.05, 0) is 6.92 Å². The topological polar surface area (TPSA) is 153 Å². The van der Waals surface area contributed by atoms with Crippen molar-refractivity contribution in [3.63, 3.8) is 0 Å². The van der Waals surface area contributed by atoms with Gasteiger partial charge in [-0.2, -0.15) is 0 Å². The first kappa shape index (κ1) is 25.3. The third kappa shape index (κ3) is 8.33. The largest absolute Gasteiger partial charge is 0.463 e. The van der Waals surface area contributed by atoms with Crippen molar-refractivity contribution in [2.45, 2.75) is 78.5 Å². The van der Waals surface area contributed by atoms with E-state index in [4.69, 9.17) is 28.4 Å². The molecule has 0 bridgehead atoms. The van der Waals surface area contributed by atoms with Crippen LogP contribution in [0.2, 0.25) is 0 Å². The molecule has 1 rings (SSSR count). The Balaban J connectivity index is 3.30. The number of amides is 1. The van der Waals surface area contributed by atoms with Crippen LogP contribution < -0.4 is 5.32 Å². The minimum absolute atomic E-state index is 0.369. The van der Waals surface area contributed by atoms with Crippen molar-refractivity contribution in [2.24, 2.45) is 0 Å². The van der Waals surface area contributed by atoms with Gasteiger partial charge in [0.1, 0.15) is 18.9 Å². The Hall–Kier alpha value is -2.73. The fourth-order valence-corrected chi connectivity index (χ4v) is 2.82. The highest BCUT2D eigenvalue weighted by atomic mass is 16.7. The maximum Gasteiger partial charge on any atom is 0.303 e. The van der Waals surface area contributed by atoms with Crippen LogP contribution in [0.3, 0.4) is 0 Å². The van der Waals surface area contributed by atoms with Crippen molar-refractivity contribution in [1.82, 2.24) is 5.32 Å². The van der Waals surface area contributed by atoms with E-state index in [0.29, 0.717) is 0 Å². The maximum absolute atomic E-state index is 11.7. The number of esters is 4. The summed E-state index contributed by atoms with van der Waals surface area (Å²) in [5.41, 5.74) is 0. The van der Waals surface area contributed by atoms with E-state index in [9.17, 15) is 24.0 Å². The van der Waals surface area contributed by atoms with Crippen LogP contribution >= 0.6 is 0 Å². The molecule has 0 unspecified atom stereocenters. The number of nitrogens with one attached hydrogen (secondary N) is 1. The lowest BCUT2D eigenvalue weighted by Crippen LogP contribution is -2.63. The Morgan fingerprint density at radius 2 is 1.30 bits per heavy atom. The molecule has 0 aromatic carbocycles. The highest BCUT2D eigenvalue weighted by Gasteiger charge is 2.53. The summed E-state index contributed by atoms with van der Waals surface area (Å²) in [4.78, 5) is 57.5. The second kappa shape index (κ2) is 11.5. The van der Waals surface area contributed by atoms with Crippen molar-refractivity contribution in [1.29, 1.82) is 0 Å². The van der Waals surface area contributed by atoms with Gasteiger partial charge in [-0.3, -0.25) is 24.0 Å². The lowest BCUT2D eigenvalue weighted by Gasteiger charge is -2.44. The Bertz CT molecular complexity index is 665. The van der Waals surface area contributed by atoms with Crippen LogP contribution in [0.15, 0.2) is 0 Å². The zero-order valence-electron chi connectivity index (χ0n) is 17.7. The molecule has 1 N–H and O–H groups in total. The number of ether oxygens (including phenoxy) is 6. The third-order valence-corrected chi connectivity index (χ3v) is 3.69. The van der Waals surface area contributed by atoms with Crippen molar-refractivity contribution < 1.29 is 52.4 Å². The van der Waals surface area contributed by atoms with Gasteiger partial charge in [-0.25, -0.2) is 0 Å². The molecule has 1 fully saturated rings. The monoisotopic (exact) mass is 433 g/mol. The minimum atomic E-state index is -1.35. The van der Waals surface area contributed by atoms with E-state index in [1.54, 1.807) is 0 Å². The highest BCUT2D eigenvalue weighted by Crippen LogP contribution is 2.30. The molecule has 170 valence electrons. The Morgan fingerprint density at radius 1 is 0.800 bits per heavy atom. The predicted octanol–water partition coefficient (Wildman–Crippen LogP) is -0.432. The van der Waals surface area contributed by atoms with Crippen LogP contribution in [0.4, 0.5) is 0 Å². The van der Waals surface area contributed by atoms with Gasteiger partial charge >= 0.3 is 23.9 Å². The van der Waals surface area contributed by atoms with Crippen LogP contribution in [0, 0.1) is 0 Å². The summed E-state index contributed by atoms with van der Waals surface area (Å²) in [5, 5.41) is 2.47. The molecular formula is C18H27NO11. The fourth-order valence-electron chi connectivity index (χ4n) is 2.82. The molecule has 1 saturated heterocycles. The van der Waals surface area contributed by atoms with Gasteiger partial charge in [-0.1, -0.05) is 0 Å². The average Bonchev–Trinajstić information content (AvgIpc) is 2.56. The fraction of sp³-hybridized carbons (Fsp3) is 0.722. The van der Waals surface area contributed by atoms with Crippen molar-refractivity contribution in [2.75, 3.05) is 6.61 Å². The standard InChI is InChI=1S/C18H27NO11/c1-8(20)19-9(2)26-18-17(29-13(6)24)16(28-12(5)23)15(27-11(4)22)14(30-18)7-25-10(3)21/h9,14-18H,7H2,1-6H3,(H,19,20)/t9-,14-,15-,16+,17-,18-/m1/s1. The Morgan fingerprint density at radius 3 is 1.77 bits per heavy atom. The van der Waals surface area contributed by atoms with Crippen LogP contribution in [-0.4, -0.2) is 73.3 Å². The first-order valence-corrected chi connectivity index (χ1v) is 9.13. The van der Waals surface area contributed by atoms with Crippen molar-refractivity contribution in [3.8, 4) is 0 Å².